The fraction of sp³-hybridized carbons (Fsp3) is 0.136. The molecule has 4 aromatic rings. The molecule has 1 N–H and O–H groups in total. The van der Waals surface area contributed by atoms with Gasteiger partial charge in [-0.3, -0.25) is 4.79 Å². The average Bonchev–Trinajstić information content (AvgIpc) is 3.21. The molecule has 8 heteroatoms. The zero-order valence-electron chi connectivity index (χ0n) is 16.5. The molecule has 0 aliphatic heterocycles. The number of aromatic nitrogens is 4. The van der Waals surface area contributed by atoms with Gasteiger partial charge in [0.05, 0.1) is 24.7 Å². The predicted molar refractivity (Wildman–Crippen MR) is 117 cm³/mol. The molecule has 4 rings (SSSR count). The highest BCUT2D eigenvalue weighted by Gasteiger charge is 2.21. The Kier molecular flexibility index (Phi) is 5.54. The quantitative estimate of drug-likeness (QED) is 0.512. The van der Waals surface area contributed by atoms with Crippen LogP contribution in [0.1, 0.15) is 17.4 Å². The van der Waals surface area contributed by atoms with Gasteiger partial charge in [-0.05, 0) is 29.8 Å². The molecule has 0 amide bonds. The van der Waals surface area contributed by atoms with E-state index in [0.29, 0.717) is 11.4 Å². The number of hydrogen-bond donors (Lipinski definition) is 1. The highest BCUT2D eigenvalue weighted by Crippen LogP contribution is 2.29. The van der Waals surface area contributed by atoms with Crippen molar-refractivity contribution in [3.8, 4) is 11.4 Å². The van der Waals surface area contributed by atoms with Gasteiger partial charge in [0.2, 0.25) is 0 Å². The summed E-state index contributed by atoms with van der Waals surface area (Å²) in [5.41, 5.74) is 1.61. The van der Waals surface area contributed by atoms with Gasteiger partial charge < -0.3 is 14.6 Å². The molecule has 2 aromatic carbocycles. The van der Waals surface area contributed by atoms with Crippen molar-refractivity contribution in [1.29, 1.82) is 0 Å². The molecule has 0 fully saturated rings. The molecular weight excluding hydrogens is 402 g/mol. The van der Waals surface area contributed by atoms with Crippen molar-refractivity contribution >= 4 is 17.3 Å². The molecule has 0 spiro atoms. The standard InChI is InChI=1S/C22H20ClN5O2/c1-27-13-12-24-21(27)20(15-8-10-17(30-2)11-9-15)26-18-14-25-28(22(29)19(18)23)16-6-4-3-5-7-16/h3-14,20,26H,1-2H3. The zero-order chi connectivity index (χ0) is 21.1. The second kappa shape index (κ2) is 8.42. The Morgan fingerprint density at radius 1 is 1.10 bits per heavy atom. The topological polar surface area (TPSA) is 74.0 Å². The van der Waals surface area contributed by atoms with E-state index in [0.717, 1.165) is 17.1 Å². The molecule has 7 nitrogen and oxygen atoms in total. The summed E-state index contributed by atoms with van der Waals surface area (Å²) >= 11 is 6.45. The monoisotopic (exact) mass is 421 g/mol. The Morgan fingerprint density at radius 2 is 1.83 bits per heavy atom. The van der Waals surface area contributed by atoms with E-state index in [9.17, 15) is 4.79 Å². The molecule has 0 bridgehead atoms. The highest BCUT2D eigenvalue weighted by molar-refractivity contribution is 6.33. The minimum absolute atomic E-state index is 0.0570. The lowest BCUT2D eigenvalue weighted by molar-refractivity contribution is 0.414. The van der Waals surface area contributed by atoms with E-state index >= 15 is 0 Å². The molecule has 0 aliphatic carbocycles. The maximum absolute atomic E-state index is 12.8. The van der Waals surface area contributed by atoms with Crippen LogP contribution < -0.4 is 15.6 Å². The lowest BCUT2D eigenvalue weighted by atomic mass is 10.1. The van der Waals surface area contributed by atoms with Gasteiger partial charge in [0, 0.05) is 19.4 Å². The van der Waals surface area contributed by atoms with E-state index in [1.807, 2.05) is 60.3 Å². The van der Waals surface area contributed by atoms with Gasteiger partial charge in [-0.25, -0.2) is 4.98 Å². The van der Waals surface area contributed by atoms with Crippen LogP contribution in [-0.4, -0.2) is 26.4 Å². The number of imidazole rings is 1. The summed E-state index contributed by atoms with van der Waals surface area (Å²) < 4.78 is 8.44. The first kappa shape index (κ1) is 19.7. The predicted octanol–water partition coefficient (Wildman–Crippen LogP) is 3.83. The van der Waals surface area contributed by atoms with E-state index in [4.69, 9.17) is 16.3 Å². The van der Waals surface area contributed by atoms with Gasteiger partial charge in [-0.2, -0.15) is 9.78 Å². The number of nitrogens with one attached hydrogen (secondary N) is 1. The van der Waals surface area contributed by atoms with Gasteiger partial charge in [-0.15, -0.1) is 0 Å². The number of halogens is 1. The molecule has 0 aliphatic rings. The van der Waals surface area contributed by atoms with Crippen LogP contribution in [0.3, 0.4) is 0 Å². The van der Waals surface area contributed by atoms with Crippen LogP contribution in [0.5, 0.6) is 5.75 Å². The van der Waals surface area contributed by atoms with Gasteiger partial charge >= 0.3 is 0 Å². The first-order chi connectivity index (χ1) is 14.6. The Morgan fingerprint density at radius 3 is 2.47 bits per heavy atom. The number of benzene rings is 2. The number of ether oxygens (including phenoxy) is 1. The number of anilines is 1. The summed E-state index contributed by atoms with van der Waals surface area (Å²) in [6, 6.07) is 16.4. The highest BCUT2D eigenvalue weighted by atomic mass is 35.5. The number of nitrogens with zero attached hydrogens (tertiary/aromatic N) is 4. The van der Waals surface area contributed by atoms with Crippen LogP contribution in [0.4, 0.5) is 5.69 Å². The summed E-state index contributed by atoms with van der Waals surface area (Å²) in [6.45, 7) is 0. The van der Waals surface area contributed by atoms with Gasteiger partial charge in [-0.1, -0.05) is 41.9 Å². The van der Waals surface area contributed by atoms with Crippen molar-refractivity contribution < 1.29 is 4.74 Å². The molecular formula is C22H20ClN5O2. The van der Waals surface area contributed by atoms with E-state index in [1.165, 1.54) is 4.68 Å². The molecule has 0 saturated heterocycles. The summed E-state index contributed by atoms with van der Waals surface area (Å²) in [7, 11) is 3.53. The molecule has 0 radical (unpaired) electrons. The Labute approximate surface area is 178 Å². The van der Waals surface area contributed by atoms with Gasteiger partial charge in [0.1, 0.15) is 22.6 Å². The second-order valence-electron chi connectivity index (χ2n) is 6.67. The minimum Gasteiger partial charge on any atom is -0.497 e. The maximum atomic E-state index is 12.8. The van der Waals surface area contributed by atoms with E-state index in [2.05, 4.69) is 15.4 Å². The first-order valence-corrected chi connectivity index (χ1v) is 9.67. The Balaban J connectivity index is 1.74. The molecule has 30 heavy (non-hydrogen) atoms. The van der Waals surface area contributed by atoms with Crippen LogP contribution in [0.15, 0.2) is 78.0 Å². The van der Waals surface area contributed by atoms with Crippen molar-refractivity contribution in [3.05, 3.63) is 100.0 Å². The normalized spacial score (nSPS) is 11.8. The summed E-state index contributed by atoms with van der Waals surface area (Å²) in [5, 5.41) is 7.69. The first-order valence-electron chi connectivity index (χ1n) is 9.29. The number of para-hydroxylation sites is 1. The zero-order valence-corrected chi connectivity index (χ0v) is 17.2. The van der Waals surface area contributed by atoms with Gasteiger partial charge in [0.25, 0.3) is 5.56 Å². The van der Waals surface area contributed by atoms with Crippen LogP contribution in [0.25, 0.3) is 5.69 Å². The minimum atomic E-state index is -0.402. The molecule has 0 saturated carbocycles. The fourth-order valence-electron chi connectivity index (χ4n) is 3.19. The molecule has 152 valence electrons. The van der Waals surface area contributed by atoms with E-state index in [-0.39, 0.29) is 11.1 Å². The van der Waals surface area contributed by atoms with Crippen LogP contribution in [0, 0.1) is 0 Å². The third-order valence-electron chi connectivity index (χ3n) is 4.79. The maximum Gasteiger partial charge on any atom is 0.292 e. The fourth-order valence-corrected chi connectivity index (χ4v) is 3.37. The van der Waals surface area contributed by atoms with Crippen molar-refractivity contribution in [2.24, 2.45) is 7.05 Å². The summed E-state index contributed by atoms with van der Waals surface area (Å²) in [5.74, 6) is 1.52. The SMILES string of the molecule is COc1ccc(C(Nc2cnn(-c3ccccc3)c(=O)c2Cl)c2nccn2C)cc1. The molecule has 2 heterocycles. The van der Waals surface area contributed by atoms with Crippen molar-refractivity contribution in [2.45, 2.75) is 6.04 Å². The van der Waals surface area contributed by atoms with Crippen molar-refractivity contribution in [1.82, 2.24) is 19.3 Å². The number of rotatable bonds is 6. The van der Waals surface area contributed by atoms with E-state index in [1.54, 1.807) is 31.6 Å². The lowest BCUT2D eigenvalue weighted by Crippen LogP contribution is -2.24. The molecule has 1 unspecified atom stereocenters. The number of hydrogen-bond acceptors (Lipinski definition) is 5. The lowest BCUT2D eigenvalue weighted by Gasteiger charge is -2.21. The molecule has 1 atom stereocenters. The third-order valence-corrected chi connectivity index (χ3v) is 5.15. The van der Waals surface area contributed by atoms with Crippen molar-refractivity contribution in [2.75, 3.05) is 12.4 Å². The number of methoxy groups -OCH3 is 1. The van der Waals surface area contributed by atoms with Crippen LogP contribution in [0.2, 0.25) is 5.02 Å². The average molecular weight is 422 g/mol. The summed E-state index contributed by atoms with van der Waals surface area (Å²) in [4.78, 5) is 17.3. The summed E-state index contributed by atoms with van der Waals surface area (Å²) in [6.07, 6.45) is 5.14. The van der Waals surface area contributed by atoms with Crippen LogP contribution >= 0.6 is 11.6 Å². The van der Waals surface area contributed by atoms with Crippen LogP contribution in [-0.2, 0) is 7.05 Å². The van der Waals surface area contributed by atoms with E-state index < -0.39 is 5.56 Å². The Bertz CT molecular complexity index is 1200. The van der Waals surface area contributed by atoms with Crippen molar-refractivity contribution in [3.63, 3.8) is 0 Å². The van der Waals surface area contributed by atoms with Gasteiger partial charge in [0.15, 0.2) is 0 Å². The molecule has 2 aromatic heterocycles. The number of aryl methyl sites for hydroxylation is 1. The Hall–Kier alpha value is -3.58. The third kappa shape index (κ3) is 3.79. The second-order valence-corrected chi connectivity index (χ2v) is 7.05. The smallest absolute Gasteiger partial charge is 0.292 e. The largest absolute Gasteiger partial charge is 0.497 e.